The molecule has 0 aliphatic heterocycles. The number of aromatic nitrogens is 5. The fourth-order valence-corrected chi connectivity index (χ4v) is 1.79. The Balaban J connectivity index is 1.78. The van der Waals surface area contributed by atoms with E-state index in [4.69, 9.17) is 0 Å². The molecule has 92 valence electrons. The molecule has 0 saturated heterocycles. The Hall–Kier alpha value is -2.37. The monoisotopic (exact) mass is 242 g/mol. The van der Waals surface area contributed by atoms with E-state index < -0.39 is 0 Å². The summed E-state index contributed by atoms with van der Waals surface area (Å²) < 4.78 is 3.55. The SMILES string of the molecule is Cc1ccc2nc(NCc3ccn(C)n3)nn2c1. The van der Waals surface area contributed by atoms with E-state index >= 15 is 0 Å². The highest BCUT2D eigenvalue weighted by molar-refractivity contribution is 5.44. The molecule has 0 saturated carbocycles. The van der Waals surface area contributed by atoms with Crippen LogP contribution in [-0.4, -0.2) is 24.4 Å². The largest absolute Gasteiger partial charge is 0.347 e. The van der Waals surface area contributed by atoms with Gasteiger partial charge < -0.3 is 5.32 Å². The Morgan fingerprint density at radius 3 is 2.89 bits per heavy atom. The summed E-state index contributed by atoms with van der Waals surface area (Å²) in [6.45, 7) is 2.65. The summed E-state index contributed by atoms with van der Waals surface area (Å²) in [6.07, 6.45) is 3.87. The van der Waals surface area contributed by atoms with Crippen LogP contribution in [0.5, 0.6) is 0 Å². The fraction of sp³-hybridized carbons (Fsp3) is 0.250. The molecular formula is C12H14N6. The van der Waals surface area contributed by atoms with Crippen LogP contribution < -0.4 is 5.32 Å². The maximum Gasteiger partial charge on any atom is 0.243 e. The first-order valence-corrected chi connectivity index (χ1v) is 5.76. The van der Waals surface area contributed by atoms with Crippen LogP contribution in [0.25, 0.3) is 5.65 Å². The minimum Gasteiger partial charge on any atom is -0.347 e. The number of rotatable bonds is 3. The molecule has 1 N–H and O–H groups in total. The van der Waals surface area contributed by atoms with Crippen molar-refractivity contribution in [2.24, 2.45) is 7.05 Å². The summed E-state index contributed by atoms with van der Waals surface area (Å²) in [6, 6.07) is 5.94. The lowest BCUT2D eigenvalue weighted by Crippen LogP contribution is -2.02. The average molecular weight is 242 g/mol. The zero-order valence-electron chi connectivity index (χ0n) is 10.3. The van der Waals surface area contributed by atoms with Crippen LogP contribution in [0.4, 0.5) is 5.95 Å². The van der Waals surface area contributed by atoms with Gasteiger partial charge >= 0.3 is 0 Å². The molecule has 3 aromatic rings. The summed E-state index contributed by atoms with van der Waals surface area (Å²) >= 11 is 0. The first-order chi connectivity index (χ1) is 8.70. The predicted octanol–water partition coefficient (Wildman–Crippen LogP) is 1.38. The van der Waals surface area contributed by atoms with Crippen molar-refractivity contribution in [3.8, 4) is 0 Å². The van der Waals surface area contributed by atoms with Gasteiger partial charge in [-0.1, -0.05) is 6.07 Å². The second kappa shape index (κ2) is 4.14. The van der Waals surface area contributed by atoms with Gasteiger partial charge in [0.15, 0.2) is 5.65 Å². The molecule has 0 aliphatic carbocycles. The molecule has 0 fully saturated rings. The van der Waals surface area contributed by atoms with Crippen LogP contribution in [0.15, 0.2) is 30.6 Å². The third-order valence-electron chi connectivity index (χ3n) is 2.68. The standard InChI is InChI=1S/C12H14N6/c1-9-3-4-11-14-12(16-18(11)8-9)13-7-10-5-6-17(2)15-10/h3-6,8H,7H2,1-2H3,(H,13,16). The van der Waals surface area contributed by atoms with Gasteiger partial charge in [-0.2, -0.15) is 10.1 Å². The fourth-order valence-electron chi connectivity index (χ4n) is 1.79. The molecule has 3 rings (SSSR count). The Labute approximate surface area is 104 Å². The van der Waals surface area contributed by atoms with Gasteiger partial charge in [-0.05, 0) is 24.6 Å². The Morgan fingerprint density at radius 1 is 1.22 bits per heavy atom. The van der Waals surface area contributed by atoms with Crippen molar-refractivity contribution in [2.75, 3.05) is 5.32 Å². The zero-order chi connectivity index (χ0) is 12.5. The minimum atomic E-state index is 0.617. The lowest BCUT2D eigenvalue weighted by atomic mass is 10.3. The third-order valence-corrected chi connectivity index (χ3v) is 2.68. The second-order valence-electron chi connectivity index (χ2n) is 4.28. The van der Waals surface area contributed by atoms with Gasteiger partial charge in [0.05, 0.1) is 12.2 Å². The van der Waals surface area contributed by atoms with Crippen LogP contribution in [0.2, 0.25) is 0 Å². The number of nitrogens with zero attached hydrogens (tertiary/aromatic N) is 5. The molecule has 18 heavy (non-hydrogen) atoms. The molecule has 0 bridgehead atoms. The molecule has 0 amide bonds. The molecule has 3 heterocycles. The number of hydrogen-bond donors (Lipinski definition) is 1. The van der Waals surface area contributed by atoms with Gasteiger partial charge in [-0.15, -0.1) is 5.10 Å². The number of aryl methyl sites for hydroxylation is 2. The lowest BCUT2D eigenvalue weighted by Gasteiger charge is -1.96. The van der Waals surface area contributed by atoms with Crippen molar-refractivity contribution in [2.45, 2.75) is 13.5 Å². The van der Waals surface area contributed by atoms with Crippen LogP contribution in [0, 0.1) is 6.92 Å². The lowest BCUT2D eigenvalue weighted by molar-refractivity contribution is 0.746. The van der Waals surface area contributed by atoms with Crippen LogP contribution in [0.1, 0.15) is 11.3 Å². The maximum absolute atomic E-state index is 4.38. The molecule has 6 nitrogen and oxygen atoms in total. The van der Waals surface area contributed by atoms with Gasteiger partial charge in [0.25, 0.3) is 0 Å². The van der Waals surface area contributed by atoms with Crippen molar-refractivity contribution in [3.63, 3.8) is 0 Å². The Bertz CT molecular complexity index is 681. The van der Waals surface area contributed by atoms with Crippen LogP contribution >= 0.6 is 0 Å². The molecule has 0 spiro atoms. The summed E-state index contributed by atoms with van der Waals surface area (Å²) in [4.78, 5) is 4.38. The molecular weight excluding hydrogens is 228 g/mol. The van der Waals surface area contributed by atoms with Crippen molar-refractivity contribution >= 4 is 11.6 Å². The first-order valence-electron chi connectivity index (χ1n) is 5.76. The molecule has 3 aromatic heterocycles. The molecule has 0 aliphatic rings. The van der Waals surface area contributed by atoms with Gasteiger partial charge in [0.1, 0.15) is 0 Å². The molecule has 0 unspecified atom stereocenters. The highest BCUT2D eigenvalue weighted by Gasteiger charge is 2.03. The number of fused-ring (bicyclic) bond motifs is 1. The van der Waals surface area contributed by atoms with E-state index in [0.717, 1.165) is 16.9 Å². The zero-order valence-corrected chi connectivity index (χ0v) is 10.3. The Kier molecular flexibility index (Phi) is 2.47. The van der Waals surface area contributed by atoms with E-state index in [9.17, 15) is 0 Å². The quantitative estimate of drug-likeness (QED) is 0.754. The first kappa shape index (κ1) is 10.8. The van der Waals surface area contributed by atoms with Gasteiger partial charge in [-0.25, -0.2) is 4.52 Å². The summed E-state index contributed by atoms with van der Waals surface area (Å²) in [5.41, 5.74) is 2.96. The van der Waals surface area contributed by atoms with E-state index in [1.165, 1.54) is 0 Å². The highest BCUT2D eigenvalue weighted by atomic mass is 15.3. The average Bonchev–Trinajstić information content (AvgIpc) is 2.92. The number of pyridine rings is 1. The van der Waals surface area contributed by atoms with E-state index in [1.54, 1.807) is 9.20 Å². The van der Waals surface area contributed by atoms with Crippen molar-refractivity contribution < 1.29 is 0 Å². The summed E-state index contributed by atoms with van der Waals surface area (Å²) in [5.74, 6) is 0.617. The van der Waals surface area contributed by atoms with Crippen LogP contribution in [0.3, 0.4) is 0 Å². The maximum atomic E-state index is 4.38. The van der Waals surface area contributed by atoms with Gasteiger partial charge in [-0.3, -0.25) is 4.68 Å². The number of anilines is 1. The van der Waals surface area contributed by atoms with Crippen molar-refractivity contribution in [1.82, 2.24) is 24.4 Å². The Morgan fingerprint density at radius 2 is 2.11 bits per heavy atom. The van der Waals surface area contributed by atoms with Crippen molar-refractivity contribution in [3.05, 3.63) is 41.9 Å². The smallest absolute Gasteiger partial charge is 0.243 e. The number of nitrogens with one attached hydrogen (secondary N) is 1. The van der Waals surface area contributed by atoms with E-state index in [-0.39, 0.29) is 0 Å². The predicted molar refractivity (Wildman–Crippen MR) is 68.3 cm³/mol. The second-order valence-corrected chi connectivity index (χ2v) is 4.28. The van der Waals surface area contributed by atoms with E-state index in [0.29, 0.717) is 12.5 Å². The van der Waals surface area contributed by atoms with E-state index in [2.05, 4.69) is 20.5 Å². The molecule has 0 atom stereocenters. The third kappa shape index (κ3) is 2.04. The minimum absolute atomic E-state index is 0.617. The van der Waals surface area contributed by atoms with Crippen molar-refractivity contribution in [1.29, 1.82) is 0 Å². The van der Waals surface area contributed by atoms with Gasteiger partial charge in [0, 0.05) is 19.4 Å². The summed E-state index contributed by atoms with van der Waals surface area (Å²) in [7, 11) is 1.90. The molecule has 0 radical (unpaired) electrons. The molecule has 6 heteroatoms. The highest BCUT2D eigenvalue weighted by Crippen LogP contribution is 2.08. The normalized spacial score (nSPS) is 11.0. The van der Waals surface area contributed by atoms with Gasteiger partial charge in [0.2, 0.25) is 5.95 Å². The summed E-state index contributed by atoms with van der Waals surface area (Å²) in [5, 5.41) is 11.8. The topological polar surface area (TPSA) is 60.0 Å². The van der Waals surface area contributed by atoms with E-state index in [1.807, 2.05) is 44.6 Å². The van der Waals surface area contributed by atoms with Crippen LogP contribution in [-0.2, 0) is 13.6 Å². The number of hydrogen-bond acceptors (Lipinski definition) is 4. The molecule has 0 aromatic carbocycles.